The van der Waals surface area contributed by atoms with Crippen molar-refractivity contribution >= 4 is 11.4 Å². The highest BCUT2D eigenvalue weighted by Gasteiger charge is 2.26. The van der Waals surface area contributed by atoms with Crippen LogP contribution in [0.1, 0.15) is 13.3 Å². The van der Waals surface area contributed by atoms with Gasteiger partial charge in [-0.3, -0.25) is 10.1 Å². The number of hydrogen-bond acceptors (Lipinski definition) is 4. The van der Waals surface area contributed by atoms with Crippen LogP contribution in [0.2, 0.25) is 0 Å². The fourth-order valence-electron chi connectivity index (χ4n) is 1.50. The van der Waals surface area contributed by atoms with Gasteiger partial charge in [-0.25, -0.2) is 8.78 Å². The summed E-state index contributed by atoms with van der Waals surface area (Å²) >= 11 is 0. The van der Waals surface area contributed by atoms with Crippen molar-refractivity contribution < 1.29 is 13.7 Å². The molecule has 0 aliphatic heterocycles. The third-order valence-electron chi connectivity index (χ3n) is 2.64. The maximum atomic E-state index is 13.7. The summed E-state index contributed by atoms with van der Waals surface area (Å²) in [6.07, 6.45) is 0.0452. The van der Waals surface area contributed by atoms with Gasteiger partial charge in [0, 0.05) is 19.2 Å². The summed E-state index contributed by atoms with van der Waals surface area (Å²) in [5.41, 5.74) is -0.969. The topological polar surface area (TPSA) is 70.2 Å². The lowest BCUT2D eigenvalue weighted by atomic mass is 10.1. The van der Waals surface area contributed by atoms with Gasteiger partial charge in [0.1, 0.15) is 0 Å². The van der Waals surface area contributed by atoms with Gasteiger partial charge in [-0.15, -0.1) is 0 Å². The van der Waals surface area contributed by atoms with Crippen LogP contribution in [0, 0.1) is 33.1 Å². The van der Waals surface area contributed by atoms with Crippen LogP contribution in [-0.2, 0) is 0 Å². The monoisotopic (exact) mass is 255 g/mol. The van der Waals surface area contributed by atoms with Gasteiger partial charge in [0.25, 0.3) is 5.69 Å². The van der Waals surface area contributed by atoms with E-state index in [0.29, 0.717) is 6.07 Å². The molecule has 1 rings (SSSR count). The Labute approximate surface area is 102 Å². The molecule has 0 heterocycles. The Balaban J connectivity index is 3.33. The summed E-state index contributed by atoms with van der Waals surface area (Å²) in [6, 6.07) is 3.02. The zero-order chi connectivity index (χ0) is 13.9. The van der Waals surface area contributed by atoms with Crippen LogP contribution in [0.15, 0.2) is 12.1 Å². The molecular formula is C11H11F2N3O2. The predicted octanol–water partition coefficient (Wildman–Crippen LogP) is 2.61. The molecule has 1 aromatic rings. The summed E-state index contributed by atoms with van der Waals surface area (Å²) < 4.78 is 26.8. The number of nitro benzene ring substituents is 1. The molecule has 1 atom stereocenters. The highest BCUT2D eigenvalue weighted by atomic mass is 19.2. The van der Waals surface area contributed by atoms with Crippen LogP contribution in [0.3, 0.4) is 0 Å². The molecule has 0 aromatic heterocycles. The minimum atomic E-state index is -1.28. The second-order valence-electron chi connectivity index (χ2n) is 3.81. The Morgan fingerprint density at radius 3 is 2.67 bits per heavy atom. The van der Waals surface area contributed by atoms with E-state index in [9.17, 15) is 18.9 Å². The Kier molecular flexibility index (Phi) is 4.15. The summed E-state index contributed by atoms with van der Waals surface area (Å²) in [5.74, 6) is -2.44. The molecule has 5 nitrogen and oxygen atoms in total. The van der Waals surface area contributed by atoms with Crippen LogP contribution >= 0.6 is 0 Å². The molecule has 0 radical (unpaired) electrons. The van der Waals surface area contributed by atoms with Crippen LogP contribution < -0.4 is 4.90 Å². The van der Waals surface area contributed by atoms with E-state index >= 15 is 0 Å². The first-order chi connectivity index (χ1) is 8.40. The molecule has 0 amide bonds. The average molecular weight is 255 g/mol. The van der Waals surface area contributed by atoms with Gasteiger partial charge in [0.05, 0.1) is 17.4 Å². The molecule has 0 N–H and O–H groups in total. The third kappa shape index (κ3) is 2.53. The second-order valence-corrected chi connectivity index (χ2v) is 3.81. The largest absolute Gasteiger partial charge is 0.363 e. The molecule has 1 aromatic carbocycles. The maximum Gasteiger partial charge on any atom is 0.295 e. The quantitative estimate of drug-likeness (QED) is 0.612. The molecule has 7 heteroatoms. The van der Waals surface area contributed by atoms with E-state index < -0.39 is 34.0 Å². The van der Waals surface area contributed by atoms with Crippen LogP contribution in [0.25, 0.3) is 0 Å². The van der Waals surface area contributed by atoms with Gasteiger partial charge >= 0.3 is 0 Å². The molecule has 0 saturated heterocycles. The van der Waals surface area contributed by atoms with E-state index in [2.05, 4.69) is 0 Å². The van der Waals surface area contributed by atoms with Crippen molar-refractivity contribution in [2.45, 2.75) is 19.4 Å². The summed E-state index contributed by atoms with van der Waals surface area (Å²) in [6.45, 7) is 1.59. The lowest BCUT2D eigenvalue weighted by Gasteiger charge is -2.25. The zero-order valence-corrected chi connectivity index (χ0v) is 9.85. The first-order valence-corrected chi connectivity index (χ1v) is 5.12. The lowest BCUT2D eigenvalue weighted by Crippen LogP contribution is -2.30. The number of benzene rings is 1. The molecule has 18 heavy (non-hydrogen) atoms. The van der Waals surface area contributed by atoms with Crippen molar-refractivity contribution in [3.63, 3.8) is 0 Å². The Morgan fingerprint density at radius 2 is 2.17 bits per heavy atom. The van der Waals surface area contributed by atoms with Crippen LogP contribution in [0.4, 0.5) is 20.2 Å². The Hall–Kier alpha value is -2.23. The molecule has 0 saturated carbocycles. The highest BCUT2D eigenvalue weighted by Crippen LogP contribution is 2.33. The zero-order valence-electron chi connectivity index (χ0n) is 9.85. The maximum absolute atomic E-state index is 13.7. The first-order valence-electron chi connectivity index (χ1n) is 5.12. The van der Waals surface area contributed by atoms with Gasteiger partial charge in [-0.2, -0.15) is 5.26 Å². The van der Waals surface area contributed by atoms with Gasteiger partial charge in [0.2, 0.25) is 0 Å². The molecule has 0 spiro atoms. The normalized spacial score (nSPS) is 11.7. The third-order valence-corrected chi connectivity index (χ3v) is 2.64. The number of rotatable bonds is 4. The highest BCUT2D eigenvalue weighted by molar-refractivity contribution is 5.64. The predicted molar refractivity (Wildman–Crippen MR) is 61.1 cm³/mol. The summed E-state index contributed by atoms with van der Waals surface area (Å²) in [4.78, 5) is 11.2. The molecule has 1 unspecified atom stereocenters. The fourth-order valence-corrected chi connectivity index (χ4v) is 1.50. The van der Waals surface area contributed by atoms with E-state index in [0.717, 1.165) is 6.07 Å². The molecular weight excluding hydrogens is 244 g/mol. The van der Waals surface area contributed by atoms with Crippen molar-refractivity contribution in [3.05, 3.63) is 33.9 Å². The second kappa shape index (κ2) is 5.40. The number of nitrogens with zero attached hydrogens (tertiary/aromatic N) is 3. The van der Waals surface area contributed by atoms with Crippen molar-refractivity contribution in [2.24, 2.45) is 0 Å². The molecule has 0 aliphatic carbocycles. The fraction of sp³-hybridized carbons (Fsp3) is 0.364. The standard InChI is InChI=1S/C11H11F2N3O2/c1-7(5-6-14)15(2)11-9(16(17)18)4-3-8(12)10(11)13/h3-4,7H,5H2,1-2H3. The van der Waals surface area contributed by atoms with E-state index in [4.69, 9.17) is 5.26 Å². The number of nitro groups is 1. The van der Waals surface area contributed by atoms with Crippen LogP contribution in [0.5, 0.6) is 0 Å². The van der Waals surface area contributed by atoms with Crippen LogP contribution in [-0.4, -0.2) is 18.0 Å². The lowest BCUT2D eigenvalue weighted by molar-refractivity contribution is -0.384. The van der Waals surface area contributed by atoms with Crippen molar-refractivity contribution in [1.29, 1.82) is 5.26 Å². The van der Waals surface area contributed by atoms with Crippen molar-refractivity contribution in [3.8, 4) is 6.07 Å². The van der Waals surface area contributed by atoms with E-state index in [-0.39, 0.29) is 6.42 Å². The molecule has 0 bridgehead atoms. The number of anilines is 1. The number of nitriles is 1. The minimum absolute atomic E-state index is 0.0452. The van der Waals surface area contributed by atoms with Crippen molar-refractivity contribution in [2.75, 3.05) is 11.9 Å². The summed E-state index contributed by atoms with van der Waals surface area (Å²) in [5, 5.41) is 19.4. The molecule has 96 valence electrons. The first kappa shape index (κ1) is 13.8. The van der Waals surface area contributed by atoms with E-state index in [1.807, 2.05) is 6.07 Å². The van der Waals surface area contributed by atoms with E-state index in [1.54, 1.807) is 6.92 Å². The van der Waals surface area contributed by atoms with Gasteiger partial charge in [0.15, 0.2) is 17.3 Å². The van der Waals surface area contributed by atoms with Gasteiger partial charge in [-0.1, -0.05) is 0 Å². The van der Waals surface area contributed by atoms with E-state index in [1.165, 1.54) is 11.9 Å². The van der Waals surface area contributed by atoms with Gasteiger partial charge in [-0.05, 0) is 13.0 Å². The van der Waals surface area contributed by atoms with Gasteiger partial charge < -0.3 is 4.90 Å². The average Bonchev–Trinajstić information content (AvgIpc) is 2.31. The molecule has 0 fully saturated rings. The summed E-state index contributed by atoms with van der Waals surface area (Å²) in [7, 11) is 1.38. The number of hydrogen-bond donors (Lipinski definition) is 0. The Morgan fingerprint density at radius 1 is 1.56 bits per heavy atom. The minimum Gasteiger partial charge on any atom is -0.363 e. The number of halogens is 2. The Bertz CT molecular complexity index is 514. The smallest absolute Gasteiger partial charge is 0.295 e. The van der Waals surface area contributed by atoms with Crippen molar-refractivity contribution in [1.82, 2.24) is 0 Å². The molecule has 0 aliphatic rings. The SMILES string of the molecule is CC(CC#N)N(C)c1c([N+](=O)[O-])ccc(F)c1F.